The van der Waals surface area contributed by atoms with E-state index in [1.54, 1.807) is 24.3 Å². The lowest BCUT2D eigenvalue weighted by molar-refractivity contribution is -0.143. The second-order valence-corrected chi connectivity index (χ2v) is 7.45. The van der Waals surface area contributed by atoms with Crippen LogP contribution in [0.25, 0.3) is 22.4 Å². The first kappa shape index (κ1) is 24.0. The highest BCUT2D eigenvalue weighted by Gasteiger charge is 2.37. The van der Waals surface area contributed by atoms with Crippen molar-refractivity contribution >= 4 is 28.1 Å². The molecule has 0 radical (unpaired) electrons. The molecule has 0 bridgehead atoms. The summed E-state index contributed by atoms with van der Waals surface area (Å²) in [6.07, 6.45) is -8.81. The minimum atomic E-state index is -5.01. The molecule has 3 aromatic carbocycles. The van der Waals surface area contributed by atoms with Crippen LogP contribution in [-0.4, -0.2) is 21.2 Å². The van der Waals surface area contributed by atoms with Crippen molar-refractivity contribution in [2.45, 2.75) is 12.4 Å². The lowest BCUT2D eigenvalue weighted by Gasteiger charge is -2.16. The lowest BCUT2D eigenvalue weighted by atomic mass is 9.97. The fourth-order valence-corrected chi connectivity index (χ4v) is 3.37. The summed E-state index contributed by atoms with van der Waals surface area (Å²) in [5.41, 5.74) is -2.58. The molecule has 0 amide bonds. The van der Waals surface area contributed by atoms with Crippen molar-refractivity contribution in [3.63, 3.8) is 0 Å². The molecule has 33 heavy (non-hydrogen) atoms. The summed E-state index contributed by atoms with van der Waals surface area (Å²) < 4.78 is 84.8. The molecule has 0 unspecified atom stereocenters. The molecule has 0 spiro atoms. The molecule has 0 aliphatic carbocycles. The third kappa shape index (κ3) is 5.06. The van der Waals surface area contributed by atoms with Gasteiger partial charge in [0.1, 0.15) is 5.75 Å². The van der Waals surface area contributed by atoms with Crippen LogP contribution in [0.15, 0.2) is 48.5 Å². The summed E-state index contributed by atoms with van der Waals surface area (Å²) in [5, 5.41) is 11.1. The van der Waals surface area contributed by atoms with E-state index in [0.29, 0.717) is 28.8 Å². The van der Waals surface area contributed by atoms with E-state index >= 15 is 0 Å². The van der Waals surface area contributed by atoms with E-state index in [2.05, 4.69) is 0 Å². The Balaban J connectivity index is 2.21. The number of benzene rings is 3. The zero-order valence-electron chi connectivity index (χ0n) is 17.8. The summed E-state index contributed by atoms with van der Waals surface area (Å²) in [4.78, 5) is 1.90. The zero-order valence-corrected chi connectivity index (χ0v) is 17.8. The van der Waals surface area contributed by atoms with E-state index in [0.717, 1.165) is 11.1 Å². The van der Waals surface area contributed by atoms with Gasteiger partial charge in [-0.1, -0.05) is 12.1 Å². The largest absolute Gasteiger partial charge is 0.495 e. The molecule has 0 heterocycles. The number of allylic oxidation sites excluding steroid dienone is 1. The molecule has 0 saturated carbocycles. The van der Waals surface area contributed by atoms with Crippen molar-refractivity contribution in [3.8, 4) is 11.8 Å². The van der Waals surface area contributed by atoms with Gasteiger partial charge >= 0.3 is 12.4 Å². The highest BCUT2D eigenvalue weighted by Crippen LogP contribution is 2.39. The van der Waals surface area contributed by atoms with Crippen LogP contribution in [0.2, 0.25) is 0 Å². The van der Waals surface area contributed by atoms with E-state index in [-0.39, 0.29) is 11.6 Å². The Morgan fingerprint density at radius 3 is 2.00 bits per heavy atom. The lowest BCUT2D eigenvalue weighted by Crippen LogP contribution is -2.11. The second-order valence-electron chi connectivity index (χ2n) is 7.45. The molecule has 3 rings (SSSR count). The van der Waals surface area contributed by atoms with Crippen LogP contribution in [0.5, 0.6) is 5.75 Å². The molecule has 0 aliphatic heterocycles. The Morgan fingerprint density at radius 2 is 1.52 bits per heavy atom. The minimum Gasteiger partial charge on any atom is -0.495 e. The second kappa shape index (κ2) is 8.70. The van der Waals surface area contributed by atoms with Crippen molar-refractivity contribution in [1.82, 2.24) is 0 Å². The number of hydrogen-bond donors (Lipinski definition) is 0. The van der Waals surface area contributed by atoms with Gasteiger partial charge in [-0.2, -0.15) is 31.6 Å². The molecule has 9 heteroatoms. The van der Waals surface area contributed by atoms with Crippen LogP contribution in [0.4, 0.5) is 32.0 Å². The van der Waals surface area contributed by atoms with Gasteiger partial charge < -0.3 is 9.64 Å². The third-order valence-electron chi connectivity index (χ3n) is 5.02. The van der Waals surface area contributed by atoms with E-state index in [1.165, 1.54) is 13.2 Å². The molecular formula is C24H18F6N2O. The Hall–Kier alpha value is -3.67. The molecular weight excluding hydrogens is 446 g/mol. The van der Waals surface area contributed by atoms with E-state index in [9.17, 15) is 31.6 Å². The average molecular weight is 464 g/mol. The van der Waals surface area contributed by atoms with Gasteiger partial charge in [-0.25, -0.2) is 0 Å². The first-order chi connectivity index (χ1) is 15.3. The first-order valence-electron chi connectivity index (χ1n) is 9.55. The molecule has 0 aliphatic rings. The number of fused-ring (bicyclic) bond motifs is 1. The number of rotatable bonds is 4. The predicted molar refractivity (Wildman–Crippen MR) is 115 cm³/mol. The highest BCUT2D eigenvalue weighted by molar-refractivity contribution is 5.98. The van der Waals surface area contributed by atoms with E-state index < -0.39 is 29.0 Å². The number of alkyl halides is 6. The maximum atomic E-state index is 13.2. The minimum absolute atomic E-state index is 0.0252. The normalized spacial score (nSPS) is 12.5. The first-order valence-corrected chi connectivity index (χ1v) is 9.55. The molecule has 0 saturated heterocycles. The van der Waals surface area contributed by atoms with Gasteiger partial charge in [-0.15, -0.1) is 0 Å². The number of nitrogens with zero attached hydrogens (tertiary/aromatic N) is 2. The van der Waals surface area contributed by atoms with Crippen LogP contribution in [0.1, 0.15) is 22.3 Å². The van der Waals surface area contributed by atoms with Gasteiger partial charge in [0.25, 0.3) is 0 Å². The Morgan fingerprint density at radius 1 is 0.909 bits per heavy atom. The Bertz CT molecular complexity index is 1230. The van der Waals surface area contributed by atoms with Crippen LogP contribution in [-0.2, 0) is 12.4 Å². The molecule has 0 fully saturated rings. The SMILES string of the molecule is COc1c(/C=C(\C#N)c2cc(C(F)(F)F)cc(C(F)(F)F)c2)ccc2cc(N(C)C)ccc12. The Kier molecular flexibility index (Phi) is 6.32. The van der Waals surface area contributed by atoms with Gasteiger partial charge in [0.2, 0.25) is 0 Å². The Labute approximate surface area is 186 Å². The maximum absolute atomic E-state index is 13.2. The van der Waals surface area contributed by atoms with Gasteiger partial charge in [0.15, 0.2) is 0 Å². The monoisotopic (exact) mass is 464 g/mol. The smallest absolute Gasteiger partial charge is 0.416 e. The van der Waals surface area contributed by atoms with Crippen molar-refractivity contribution in [3.05, 3.63) is 70.8 Å². The van der Waals surface area contributed by atoms with Crippen LogP contribution < -0.4 is 9.64 Å². The topological polar surface area (TPSA) is 36.3 Å². The molecule has 0 atom stereocenters. The van der Waals surface area contributed by atoms with Crippen LogP contribution in [0, 0.1) is 11.3 Å². The number of nitriles is 1. The van der Waals surface area contributed by atoms with Crippen molar-refractivity contribution < 1.29 is 31.1 Å². The number of ether oxygens (including phenoxy) is 1. The summed E-state index contributed by atoms with van der Waals surface area (Å²) >= 11 is 0. The quantitative estimate of drug-likeness (QED) is 0.237. The standard InChI is InChI=1S/C24H18F6N2O/c1-32(2)20-6-7-21-14(11-20)4-5-15(22(21)33-3)8-17(13-31)16-9-18(23(25,26)27)12-19(10-16)24(28,29)30/h4-12H,1-3H3/b17-8+. The van der Waals surface area contributed by atoms with Gasteiger partial charge in [0, 0.05) is 30.7 Å². The summed E-state index contributed by atoms with van der Waals surface area (Å²) in [6, 6.07) is 11.7. The third-order valence-corrected chi connectivity index (χ3v) is 5.02. The molecule has 0 N–H and O–H groups in total. The van der Waals surface area contributed by atoms with Crippen LogP contribution >= 0.6 is 0 Å². The number of halogens is 6. The van der Waals surface area contributed by atoms with Crippen molar-refractivity contribution in [2.75, 3.05) is 26.1 Å². The van der Waals surface area contributed by atoms with Crippen molar-refractivity contribution in [2.24, 2.45) is 0 Å². The molecule has 3 nitrogen and oxygen atoms in total. The predicted octanol–water partition coefficient (Wildman–Crippen LogP) is 7.02. The van der Waals surface area contributed by atoms with E-state index in [4.69, 9.17) is 4.74 Å². The molecule has 172 valence electrons. The van der Waals surface area contributed by atoms with Gasteiger partial charge in [-0.3, -0.25) is 0 Å². The number of methoxy groups -OCH3 is 1. The summed E-state index contributed by atoms with van der Waals surface area (Å²) in [6.45, 7) is 0. The zero-order chi connectivity index (χ0) is 24.6. The fourth-order valence-electron chi connectivity index (χ4n) is 3.37. The maximum Gasteiger partial charge on any atom is 0.416 e. The van der Waals surface area contributed by atoms with E-state index in [1.807, 2.05) is 31.1 Å². The molecule has 3 aromatic rings. The van der Waals surface area contributed by atoms with Gasteiger partial charge in [-0.05, 0) is 53.4 Å². The highest BCUT2D eigenvalue weighted by atomic mass is 19.4. The number of anilines is 1. The fraction of sp³-hybridized carbons (Fsp3) is 0.208. The average Bonchev–Trinajstić information content (AvgIpc) is 2.75. The molecule has 0 aromatic heterocycles. The summed E-state index contributed by atoms with van der Waals surface area (Å²) in [5.74, 6) is 0.341. The van der Waals surface area contributed by atoms with Gasteiger partial charge in [0.05, 0.1) is 29.9 Å². The number of hydrogen-bond acceptors (Lipinski definition) is 3. The van der Waals surface area contributed by atoms with Crippen LogP contribution in [0.3, 0.4) is 0 Å². The van der Waals surface area contributed by atoms with Crippen molar-refractivity contribution in [1.29, 1.82) is 5.26 Å². The summed E-state index contributed by atoms with van der Waals surface area (Å²) in [7, 11) is 5.14.